The van der Waals surface area contributed by atoms with E-state index in [2.05, 4.69) is 10.2 Å². The van der Waals surface area contributed by atoms with Crippen molar-refractivity contribution in [1.29, 1.82) is 0 Å². The number of likely N-dealkylation sites (tertiary alicyclic amines) is 2. The highest BCUT2D eigenvalue weighted by molar-refractivity contribution is 5.85. The van der Waals surface area contributed by atoms with Crippen LogP contribution >= 0.6 is 12.4 Å². The average Bonchev–Trinajstić information content (AvgIpc) is 3.38. The van der Waals surface area contributed by atoms with Crippen LogP contribution in [-0.2, 0) is 9.59 Å². The Labute approximate surface area is 150 Å². The summed E-state index contributed by atoms with van der Waals surface area (Å²) in [7, 11) is 0. The van der Waals surface area contributed by atoms with Crippen molar-refractivity contribution >= 4 is 24.2 Å². The first kappa shape index (κ1) is 19.5. The average molecular weight is 359 g/mol. The number of carbonyl (C=O) groups is 2. The Morgan fingerprint density at radius 1 is 1.04 bits per heavy atom. The first-order valence-corrected chi connectivity index (χ1v) is 9.14. The third-order valence-corrected chi connectivity index (χ3v) is 5.52. The number of rotatable bonds is 6. The van der Waals surface area contributed by atoms with Crippen LogP contribution in [0.1, 0.15) is 38.5 Å². The molecular weight excluding hydrogens is 328 g/mol. The molecule has 3 rings (SSSR count). The van der Waals surface area contributed by atoms with Gasteiger partial charge in [0.2, 0.25) is 11.8 Å². The van der Waals surface area contributed by atoms with E-state index >= 15 is 0 Å². The summed E-state index contributed by atoms with van der Waals surface area (Å²) >= 11 is 0. The molecule has 0 radical (unpaired) electrons. The van der Waals surface area contributed by atoms with E-state index in [1.54, 1.807) is 0 Å². The lowest BCUT2D eigenvalue weighted by Gasteiger charge is -2.35. The van der Waals surface area contributed by atoms with Crippen molar-refractivity contribution in [2.75, 3.05) is 39.3 Å². The minimum Gasteiger partial charge on any atom is -0.369 e. The maximum atomic E-state index is 12.5. The van der Waals surface area contributed by atoms with E-state index in [-0.39, 0.29) is 30.1 Å². The second-order valence-electron chi connectivity index (χ2n) is 7.48. The summed E-state index contributed by atoms with van der Waals surface area (Å²) in [5.41, 5.74) is 5.39. The summed E-state index contributed by atoms with van der Waals surface area (Å²) in [4.78, 5) is 27.9. The summed E-state index contributed by atoms with van der Waals surface area (Å²) in [6, 6.07) is 0.621. The van der Waals surface area contributed by atoms with Gasteiger partial charge in [-0.15, -0.1) is 12.4 Å². The molecule has 1 saturated carbocycles. The van der Waals surface area contributed by atoms with Crippen LogP contribution in [0.15, 0.2) is 0 Å². The Morgan fingerprint density at radius 3 is 2.38 bits per heavy atom. The van der Waals surface area contributed by atoms with Crippen LogP contribution in [0.2, 0.25) is 0 Å². The van der Waals surface area contributed by atoms with Crippen molar-refractivity contribution in [2.24, 2.45) is 17.6 Å². The van der Waals surface area contributed by atoms with Gasteiger partial charge < -0.3 is 16.0 Å². The standard InChI is InChI=1S/C17H30N4O2.ClH/c18-17(23)14-2-1-7-21(11-14)16(22)12-20-8-5-15(6-9-20)19-10-13-3-4-13;/h13-15,19H,1-12H2,(H2,18,23);1H. The van der Waals surface area contributed by atoms with Crippen LogP contribution in [-0.4, -0.2) is 66.9 Å². The molecule has 1 atom stereocenters. The summed E-state index contributed by atoms with van der Waals surface area (Å²) in [6.45, 7) is 4.91. The van der Waals surface area contributed by atoms with E-state index in [0.29, 0.717) is 19.1 Å². The zero-order chi connectivity index (χ0) is 16.2. The molecule has 3 N–H and O–H groups in total. The molecular formula is C17H31ClN4O2. The largest absolute Gasteiger partial charge is 0.369 e. The van der Waals surface area contributed by atoms with Gasteiger partial charge in [-0.3, -0.25) is 14.5 Å². The lowest BCUT2D eigenvalue weighted by Crippen LogP contribution is -2.50. The van der Waals surface area contributed by atoms with Crippen LogP contribution in [0.3, 0.4) is 0 Å². The second kappa shape index (κ2) is 9.02. The zero-order valence-electron chi connectivity index (χ0n) is 14.4. The maximum absolute atomic E-state index is 12.5. The van der Waals surface area contributed by atoms with Gasteiger partial charge in [-0.2, -0.15) is 0 Å². The number of halogens is 1. The van der Waals surface area contributed by atoms with E-state index in [0.717, 1.165) is 51.2 Å². The first-order valence-electron chi connectivity index (χ1n) is 9.14. The molecule has 3 aliphatic rings. The van der Waals surface area contributed by atoms with Gasteiger partial charge in [0.1, 0.15) is 0 Å². The number of primary amides is 1. The van der Waals surface area contributed by atoms with Crippen LogP contribution in [0.25, 0.3) is 0 Å². The molecule has 0 aromatic rings. The number of nitrogens with two attached hydrogens (primary N) is 1. The van der Waals surface area contributed by atoms with Crippen LogP contribution in [0.5, 0.6) is 0 Å². The van der Waals surface area contributed by atoms with Crippen molar-refractivity contribution in [2.45, 2.75) is 44.6 Å². The Balaban J connectivity index is 0.00000208. The number of nitrogens with zero attached hydrogens (tertiary/aromatic N) is 2. The third kappa shape index (κ3) is 5.60. The number of piperidine rings is 2. The van der Waals surface area contributed by atoms with Gasteiger partial charge in [0.15, 0.2) is 0 Å². The number of nitrogens with one attached hydrogen (secondary N) is 1. The van der Waals surface area contributed by atoms with E-state index < -0.39 is 0 Å². The molecule has 2 aliphatic heterocycles. The smallest absolute Gasteiger partial charge is 0.236 e. The van der Waals surface area contributed by atoms with Crippen LogP contribution in [0.4, 0.5) is 0 Å². The molecule has 2 amide bonds. The Hall–Kier alpha value is -0.850. The van der Waals surface area contributed by atoms with Gasteiger partial charge in [-0.1, -0.05) is 0 Å². The fourth-order valence-electron chi connectivity index (χ4n) is 3.68. The highest BCUT2D eigenvalue weighted by Crippen LogP contribution is 2.28. The van der Waals surface area contributed by atoms with Crippen molar-refractivity contribution in [1.82, 2.24) is 15.1 Å². The van der Waals surface area contributed by atoms with Crippen molar-refractivity contribution in [3.8, 4) is 0 Å². The molecule has 0 aromatic heterocycles. The fraction of sp³-hybridized carbons (Fsp3) is 0.882. The molecule has 6 nitrogen and oxygen atoms in total. The quantitative estimate of drug-likeness (QED) is 0.728. The summed E-state index contributed by atoms with van der Waals surface area (Å²) in [6.07, 6.45) is 6.74. The van der Waals surface area contributed by atoms with E-state index in [1.165, 1.54) is 19.4 Å². The zero-order valence-corrected chi connectivity index (χ0v) is 15.2. The highest BCUT2D eigenvalue weighted by atomic mass is 35.5. The van der Waals surface area contributed by atoms with Gasteiger partial charge in [-0.05, 0) is 51.0 Å². The SMILES string of the molecule is Cl.NC(=O)C1CCCN(C(=O)CN2CCC(NCC3CC3)CC2)C1. The number of hydrogen-bond acceptors (Lipinski definition) is 4. The molecule has 138 valence electrons. The van der Waals surface area contributed by atoms with Gasteiger partial charge in [0.05, 0.1) is 12.5 Å². The molecule has 2 heterocycles. The predicted octanol–water partition coefficient (Wildman–Crippen LogP) is 0.596. The van der Waals surface area contributed by atoms with E-state index in [9.17, 15) is 9.59 Å². The molecule has 24 heavy (non-hydrogen) atoms. The second-order valence-corrected chi connectivity index (χ2v) is 7.48. The highest BCUT2D eigenvalue weighted by Gasteiger charge is 2.29. The number of hydrogen-bond donors (Lipinski definition) is 2. The van der Waals surface area contributed by atoms with Gasteiger partial charge in [0.25, 0.3) is 0 Å². The molecule has 3 fully saturated rings. The minimum absolute atomic E-state index is 0. The summed E-state index contributed by atoms with van der Waals surface area (Å²) in [5.74, 6) is 0.641. The molecule has 0 aromatic carbocycles. The van der Waals surface area contributed by atoms with E-state index in [1.807, 2.05) is 4.90 Å². The normalized spacial score (nSPS) is 26.0. The topological polar surface area (TPSA) is 78.7 Å². The molecule has 1 unspecified atom stereocenters. The number of carbonyl (C=O) groups excluding carboxylic acids is 2. The van der Waals surface area contributed by atoms with Crippen molar-refractivity contribution in [3.05, 3.63) is 0 Å². The fourth-order valence-corrected chi connectivity index (χ4v) is 3.68. The Morgan fingerprint density at radius 2 is 1.75 bits per heavy atom. The van der Waals surface area contributed by atoms with Gasteiger partial charge in [0, 0.05) is 32.2 Å². The monoisotopic (exact) mass is 358 g/mol. The molecule has 2 saturated heterocycles. The van der Waals surface area contributed by atoms with Crippen molar-refractivity contribution < 1.29 is 9.59 Å². The van der Waals surface area contributed by atoms with E-state index in [4.69, 9.17) is 5.73 Å². The summed E-state index contributed by atoms with van der Waals surface area (Å²) in [5, 5.41) is 3.67. The predicted molar refractivity (Wildman–Crippen MR) is 95.9 cm³/mol. The summed E-state index contributed by atoms with van der Waals surface area (Å²) < 4.78 is 0. The van der Waals surface area contributed by atoms with Crippen LogP contribution in [0, 0.1) is 11.8 Å². The Kier molecular flexibility index (Phi) is 7.32. The molecule has 0 spiro atoms. The molecule has 7 heteroatoms. The van der Waals surface area contributed by atoms with Crippen LogP contribution < -0.4 is 11.1 Å². The lowest BCUT2D eigenvalue weighted by molar-refractivity contribution is -0.136. The van der Waals surface area contributed by atoms with Gasteiger partial charge in [-0.25, -0.2) is 0 Å². The van der Waals surface area contributed by atoms with Crippen molar-refractivity contribution in [3.63, 3.8) is 0 Å². The third-order valence-electron chi connectivity index (χ3n) is 5.52. The lowest BCUT2D eigenvalue weighted by atomic mass is 9.97. The Bertz CT molecular complexity index is 436. The minimum atomic E-state index is -0.273. The molecule has 0 bridgehead atoms. The first-order chi connectivity index (χ1) is 11.1. The molecule has 1 aliphatic carbocycles. The maximum Gasteiger partial charge on any atom is 0.236 e. The number of amides is 2. The van der Waals surface area contributed by atoms with Gasteiger partial charge >= 0.3 is 0 Å².